The van der Waals surface area contributed by atoms with Crippen molar-refractivity contribution in [2.75, 3.05) is 5.32 Å². The van der Waals surface area contributed by atoms with E-state index in [0.717, 1.165) is 36.1 Å². The summed E-state index contributed by atoms with van der Waals surface area (Å²) in [5, 5.41) is 3.40. The number of anilines is 1. The maximum absolute atomic E-state index is 12.7. The highest BCUT2D eigenvalue weighted by Gasteiger charge is 2.36. The van der Waals surface area contributed by atoms with Crippen molar-refractivity contribution in [2.45, 2.75) is 72.4 Å². The molecule has 4 heteroatoms. The fourth-order valence-corrected chi connectivity index (χ4v) is 4.00. The maximum Gasteiger partial charge on any atom is 0.391 e. The molecule has 0 bridgehead atoms. The number of rotatable bonds is 7. The molecule has 0 saturated heterocycles. The van der Waals surface area contributed by atoms with Crippen molar-refractivity contribution < 1.29 is 13.2 Å². The molecule has 0 amide bonds. The Morgan fingerprint density at radius 1 is 1.19 bits per heavy atom. The third-order valence-electron chi connectivity index (χ3n) is 6.66. The van der Waals surface area contributed by atoms with E-state index in [1.165, 1.54) is 26.2 Å². The highest BCUT2D eigenvalue weighted by Crippen LogP contribution is 2.45. The number of hydrogen-bond donors (Lipinski definition) is 1. The minimum Gasteiger partial charge on any atom is -0.359 e. The zero-order chi connectivity index (χ0) is 20.2. The molecule has 1 aliphatic rings. The van der Waals surface area contributed by atoms with E-state index in [1.807, 2.05) is 12.1 Å². The predicted octanol–water partition coefficient (Wildman–Crippen LogP) is 7.60. The lowest BCUT2D eigenvalue weighted by atomic mass is 9.67. The van der Waals surface area contributed by atoms with Crippen molar-refractivity contribution in [1.82, 2.24) is 0 Å². The van der Waals surface area contributed by atoms with E-state index in [-0.39, 0.29) is 11.8 Å². The van der Waals surface area contributed by atoms with E-state index < -0.39 is 12.1 Å². The standard InChI is InChI=1S/C23H34F3N/c1-6-16(2)20-11-13-22(5,14-12-20)18(4)27-21-9-7-19(8-10-21)15-17(3)23(24,25)26/h7-10,16-17,20,27H,4,6,11-15H2,1-3,5H3/t16?,17-,20-,22+/m0/s1. The lowest BCUT2D eigenvalue weighted by Gasteiger charge is -2.41. The van der Waals surface area contributed by atoms with Gasteiger partial charge < -0.3 is 5.32 Å². The summed E-state index contributed by atoms with van der Waals surface area (Å²) in [7, 11) is 0. The third-order valence-corrected chi connectivity index (χ3v) is 6.66. The van der Waals surface area contributed by atoms with Crippen molar-refractivity contribution in [3.8, 4) is 0 Å². The van der Waals surface area contributed by atoms with Gasteiger partial charge in [-0.15, -0.1) is 0 Å². The lowest BCUT2D eigenvalue weighted by Crippen LogP contribution is -2.31. The molecule has 1 aromatic rings. The highest BCUT2D eigenvalue weighted by atomic mass is 19.4. The van der Waals surface area contributed by atoms with Crippen LogP contribution in [0.3, 0.4) is 0 Å². The van der Waals surface area contributed by atoms with Crippen molar-refractivity contribution in [2.24, 2.45) is 23.2 Å². The number of hydrogen-bond acceptors (Lipinski definition) is 1. The SMILES string of the molecule is C=C(Nc1ccc(C[C@H](C)C(F)(F)F)cc1)[C@]1(C)CC[C@H](C(C)CC)CC1. The van der Waals surface area contributed by atoms with E-state index in [1.54, 1.807) is 12.1 Å². The van der Waals surface area contributed by atoms with E-state index in [2.05, 4.69) is 32.7 Å². The predicted molar refractivity (Wildman–Crippen MR) is 108 cm³/mol. The van der Waals surface area contributed by atoms with Gasteiger partial charge in [-0.25, -0.2) is 0 Å². The van der Waals surface area contributed by atoms with Crippen LogP contribution in [0, 0.1) is 23.2 Å². The Morgan fingerprint density at radius 2 is 1.74 bits per heavy atom. The summed E-state index contributed by atoms with van der Waals surface area (Å²) in [6.07, 6.45) is 1.85. The van der Waals surface area contributed by atoms with Gasteiger partial charge in [0.15, 0.2) is 0 Å². The molecule has 0 heterocycles. The molecule has 152 valence electrons. The first-order valence-corrected chi connectivity index (χ1v) is 10.2. The van der Waals surface area contributed by atoms with Gasteiger partial charge in [0.05, 0.1) is 5.92 Å². The zero-order valence-electron chi connectivity index (χ0n) is 17.1. The topological polar surface area (TPSA) is 12.0 Å². The van der Waals surface area contributed by atoms with Crippen LogP contribution in [0.4, 0.5) is 18.9 Å². The minimum absolute atomic E-state index is 0.0133. The average Bonchev–Trinajstić information content (AvgIpc) is 2.62. The molecule has 2 atom stereocenters. The van der Waals surface area contributed by atoms with Crippen LogP contribution in [0.2, 0.25) is 0 Å². The number of nitrogens with one attached hydrogen (secondary N) is 1. The van der Waals surface area contributed by atoms with Crippen LogP contribution in [0.5, 0.6) is 0 Å². The first-order chi connectivity index (χ1) is 12.5. The van der Waals surface area contributed by atoms with Crippen molar-refractivity contribution in [1.29, 1.82) is 0 Å². The normalized spacial score (nSPS) is 25.7. The molecule has 1 unspecified atom stereocenters. The summed E-state index contributed by atoms with van der Waals surface area (Å²) in [6, 6.07) is 7.27. The van der Waals surface area contributed by atoms with Crippen molar-refractivity contribution in [3.63, 3.8) is 0 Å². The quantitative estimate of drug-likeness (QED) is 0.513. The van der Waals surface area contributed by atoms with Gasteiger partial charge in [0.2, 0.25) is 0 Å². The monoisotopic (exact) mass is 381 g/mol. The first kappa shape index (κ1) is 21.8. The van der Waals surface area contributed by atoms with Crippen LogP contribution < -0.4 is 5.32 Å². The third kappa shape index (κ3) is 5.76. The van der Waals surface area contributed by atoms with Crippen LogP contribution in [0.1, 0.15) is 65.4 Å². The molecule has 1 aliphatic carbocycles. The Morgan fingerprint density at radius 3 is 2.22 bits per heavy atom. The molecule has 1 nitrogen and oxygen atoms in total. The number of allylic oxidation sites excluding steroid dienone is 1. The second-order valence-corrected chi connectivity index (χ2v) is 8.73. The fourth-order valence-electron chi connectivity index (χ4n) is 4.00. The Labute approximate surface area is 162 Å². The second kappa shape index (κ2) is 8.70. The molecule has 1 aromatic carbocycles. The summed E-state index contributed by atoms with van der Waals surface area (Å²) < 4.78 is 38.1. The average molecular weight is 382 g/mol. The molecule has 0 radical (unpaired) electrons. The molecule has 0 aromatic heterocycles. The second-order valence-electron chi connectivity index (χ2n) is 8.73. The Balaban J connectivity index is 1.92. The van der Waals surface area contributed by atoms with Gasteiger partial charge in [0, 0.05) is 16.8 Å². The summed E-state index contributed by atoms with van der Waals surface area (Å²) in [4.78, 5) is 0. The van der Waals surface area contributed by atoms with Gasteiger partial charge in [-0.2, -0.15) is 13.2 Å². The molecule has 0 spiro atoms. The van der Waals surface area contributed by atoms with Gasteiger partial charge in [0.25, 0.3) is 0 Å². The Bertz CT molecular complexity index is 610. The van der Waals surface area contributed by atoms with Crippen LogP contribution in [-0.4, -0.2) is 6.18 Å². The summed E-state index contributed by atoms with van der Waals surface area (Å²) >= 11 is 0. The molecule has 1 fully saturated rings. The van der Waals surface area contributed by atoms with E-state index >= 15 is 0 Å². The summed E-state index contributed by atoms with van der Waals surface area (Å²) in [5.74, 6) is 0.263. The Hall–Kier alpha value is -1.45. The molecule has 27 heavy (non-hydrogen) atoms. The highest BCUT2D eigenvalue weighted by molar-refractivity contribution is 5.50. The van der Waals surface area contributed by atoms with Crippen LogP contribution in [0.15, 0.2) is 36.5 Å². The molecular weight excluding hydrogens is 347 g/mol. The van der Waals surface area contributed by atoms with E-state index in [0.29, 0.717) is 5.56 Å². The van der Waals surface area contributed by atoms with E-state index in [4.69, 9.17) is 0 Å². The maximum atomic E-state index is 12.7. The smallest absolute Gasteiger partial charge is 0.359 e. The van der Waals surface area contributed by atoms with Crippen molar-refractivity contribution >= 4 is 5.69 Å². The van der Waals surface area contributed by atoms with Gasteiger partial charge >= 0.3 is 6.18 Å². The van der Waals surface area contributed by atoms with E-state index in [9.17, 15) is 13.2 Å². The number of benzene rings is 1. The summed E-state index contributed by atoms with van der Waals surface area (Å²) in [6.45, 7) is 12.4. The van der Waals surface area contributed by atoms with Gasteiger partial charge in [-0.1, -0.05) is 52.8 Å². The molecular formula is C23H34F3N. The van der Waals surface area contributed by atoms with Crippen LogP contribution in [0.25, 0.3) is 0 Å². The zero-order valence-corrected chi connectivity index (χ0v) is 17.1. The van der Waals surface area contributed by atoms with Gasteiger partial charge in [0.1, 0.15) is 0 Å². The molecule has 2 rings (SSSR count). The van der Waals surface area contributed by atoms with Gasteiger partial charge in [-0.05, 0) is 61.6 Å². The molecule has 1 N–H and O–H groups in total. The Kier molecular flexibility index (Phi) is 7.04. The minimum atomic E-state index is -4.14. The molecule has 0 aliphatic heterocycles. The number of halogens is 3. The summed E-state index contributed by atoms with van der Waals surface area (Å²) in [5.41, 5.74) is 2.69. The fraction of sp³-hybridized carbons (Fsp3) is 0.652. The molecule has 1 saturated carbocycles. The largest absolute Gasteiger partial charge is 0.391 e. The van der Waals surface area contributed by atoms with Gasteiger partial charge in [-0.3, -0.25) is 0 Å². The lowest BCUT2D eigenvalue weighted by molar-refractivity contribution is -0.169. The van der Waals surface area contributed by atoms with Crippen LogP contribution >= 0.6 is 0 Å². The number of alkyl halides is 3. The van der Waals surface area contributed by atoms with Crippen LogP contribution in [-0.2, 0) is 6.42 Å². The first-order valence-electron chi connectivity index (χ1n) is 10.2. The van der Waals surface area contributed by atoms with Crippen molar-refractivity contribution in [3.05, 3.63) is 42.1 Å².